The van der Waals surface area contributed by atoms with Gasteiger partial charge >= 0.3 is 0 Å². The van der Waals surface area contributed by atoms with Crippen molar-refractivity contribution in [3.05, 3.63) is 30.1 Å². The van der Waals surface area contributed by atoms with Gasteiger partial charge < -0.3 is 4.74 Å². The predicted molar refractivity (Wildman–Crippen MR) is 60.3 cm³/mol. The number of nitrogens with two attached hydrogens (primary N) is 1. The van der Waals surface area contributed by atoms with E-state index in [0.29, 0.717) is 0 Å². The molecule has 0 fully saturated rings. The Kier molecular flexibility index (Phi) is 5.24. The van der Waals surface area contributed by atoms with Gasteiger partial charge in [0.25, 0.3) is 0 Å². The highest BCUT2D eigenvalue weighted by atomic mass is 32.2. The van der Waals surface area contributed by atoms with E-state index in [4.69, 9.17) is 10.6 Å². The molecule has 1 atom stereocenters. The summed E-state index contributed by atoms with van der Waals surface area (Å²) < 4.78 is 17.6. The summed E-state index contributed by atoms with van der Waals surface area (Å²) in [5.74, 6) is 4.42. The number of carbonyl (C=O) groups is 1. The van der Waals surface area contributed by atoms with Crippen LogP contribution in [0.2, 0.25) is 0 Å². The Labute approximate surface area is 97.3 Å². The van der Waals surface area contributed by atoms with Gasteiger partial charge in [-0.2, -0.15) is 0 Å². The molecule has 16 heavy (non-hydrogen) atoms. The molecule has 0 aliphatic carbocycles. The van der Waals surface area contributed by atoms with E-state index in [1.165, 1.54) is 31.0 Å². The quantitative estimate of drug-likeness (QED) is 0.350. The zero-order valence-electron chi connectivity index (χ0n) is 8.77. The third kappa shape index (κ3) is 3.80. The summed E-state index contributed by atoms with van der Waals surface area (Å²) in [4.78, 5) is 12.1. The molecule has 88 valence electrons. The minimum atomic E-state index is -0.444. The molecule has 4 nitrogen and oxygen atoms in total. The van der Waals surface area contributed by atoms with E-state index in [9.17, 15) is 9.18 Å². The number of hydrogen-bond acceptors (Lipinski definition) is 4. The van der Waals surface area contributed by atoms with Gasteiger partial charge in [-0.15, -0.1) is 11.8 Å². The Morgan fingerprint density at radius 1 is 1.56 bits per heavy atom. The SMILES string of the molecule is COCC(Sc1ccc(F)cc1)C(=O)NN. The van der Waals surface area contributed by atoms with Gasteiger partial charge in [0.2, 0.25) is 5.91 Å². The largest absolute Gasteiger partial charge is 0.383 e. The summed E-state index contributed by atoms with van der Waals surface area (Å²) in [5.41, 5.74) is 2.07. The van der Waals surface area contributed by atoms with Crippen molar-refractivity contribution in [3.63, 3.8) is 0 Å². The summed E-state index contributed by atoms with van der Waals surface area (Å²) in [6, 6.07) is 5.89. The van der Waals surface area contributed by atoms with Crippen molar-refractivity contribution in [1.29, 1.82) is 0 Å². The number of hydrogen-bond donors (Lipinski definition) is 2. The molecule has 0 saturated carbocycles. The molecule has 0 saturated heterocycles. The monoisotopic (exact) mass is 244 g/mol. The molecular weight excluding hydrogens is 231 g/mol. The summed E-state index contributed by atoms with van der Waals surface area (Å²) in [5, 5.41) is -0.444. The van der Waals surface area contributed by atoms with Crippen LogP contribution in [0.3, 0.4) is 0 Å². The number of amides is 1. The van der Waals surface area contributed by atoms with E-state index in [2.05, 4.69) is 5.43 Å². The maximum Gasteiger partial charge on any atom is 0.249 e. The molecule has 0 heterocycles. The van der Waals surface area contributed by atoms with Gasteiger partial charge in [0.1, 0.15) is 11.1 Å². The predicted octanol–water partition coefficient (Wildman–Crippen LogP) is 0.923. The smallest absolute Gasteiger partial charge is 0.249 e. The topological polar surface area (TPSA) is 64.3 Å². The number of nitrogens with one attached hydrogen (secondary N) is 1. The average Bonchev–Trinajstić information content (AvgIpc) is 2.30. The van der Waals surface area contributed by atoms with Crippen molar-refractivity contribution >= 4 is 17.7 Å². The Morgan fingerprint density at radius 3 is 2.69 bits per heavy atom. The molecule has 0 spiro atoms. The molecule has 1 unspecified atom stereocenters. The lowest BCUT2D eigenvalue weighted by molar-refractivity contribution is -0.121. The Balaban J connectivity index is 2.67. The summed E-state index contributed by atoms with van der Waals surface area (Å²) in [7, 11) is 1.50. The van der Waals surface area contributed by atoms with Crippen molar-refractivity contribution < 1.29 is 13.9 Å². The Morgan fingerprint density at radius 2 is 2.19 bits per heavy atom. The molecular formula is C10H13FN2O2S. The first-order valence-electron chi connectivity index (χ1n) is 4.59. The zero-order chi connectivity index (χ0) is 12.0. The molecule has 1 rings (SSSR count). The molecule has 0 aromatic heterocycles. The maximum atomic E-state index is 12.7. The van der Waals surface area contributed by atoms with Crippen LogP contribution in [0.25, 0.3) is 0 Å². The second-order valence-electron chi connectivity index (χ2n) is 3.02. The standard InChI is InChI=1S/C10H13FN2O2S/c1-15-6-9(10(14)13-12)16-8-4-2-7(11)3-5-8/h2-5,9H,6,12H2,1H3,(H,13,14). The van der Waals surface area contributed by atoms with Crippen molar-refractivity contribution in [2.45, 2.75) is 10.1 Å². The number of thioether (sulfide) groups is 1. The second-order valence-corrected chi connectivity index (χ2v) is 4.30. The highest BCUT2D eigenvalue weighted by Crippen LogP contribution is 2.23. The normalized spacial score (nSPS) is 12.2. The Hall–Kier alpha value is -1.11. The van der Waals surface area contributed by atoms with E-state index in [1.54, 1.807) is 12.1 Å². The van der Waals surface area contributed by atoms with Crippen molar-refractivity contribution in [2.24, 2.45) is 5.84 Å². The molecule has 3 N–H and O–H groups in total. The minimum absolute atomic E-state index is 0.241. The fourth-order valence-corrected chi connectivity index (χ4v) is 2.09. The molecule has 0 aliphatic rings. The molecule has 1 aromatic carbocycles. The van der Waals surface area contributed by atoms with Crippen molar-refractivity contribution in [2.75, 3.05) is 13.7 Å². The van der Waals surface area contributed by atoms with E-state index in [-0.39, 0.29) is 18.3 Å². The Bertz CT molecular complexity index is 345. The van der Waals surface area contributed by atoms with Gasteiger partial charge in [-0.25, -0.2) is 10.2 Å². The first-order chi connectivity index (χ1) is 7.67. The molecule has 1 amide bonds. The van der Waals surface area contributed by atoms with Gasteiger partial charge in [0.15, 0.2) is 0 Å². The number of methoxy groups -OCH3 is 1. The number of carbonyl (C=O) groups excluding carboxylic acids is 1. The number of rotatable bonds is 5. The second kappa shape index (κ2) is 6.47. The first-order valence-corrected chi connectivity index (χ1v) is 5.47. The van der Waals surface area contributed by atoms with Crippen molar-refractivity contribution in [1.82, 2.24) is 5.43 Å². The van der Waals surface area contributed by atoms with Gasteiger partial charge in [-0.3, -0.25) is 10.2 Å². The number of hydrazine groups is 1. The number of benzene rings is 1. The van der Waals surface area contributed by atoms with E-state index < -0.39 is 5.25 Å². The first kappa shape index (κ1) is 13.0. The van der Waals surface area contributed by atoms with Crippen LogP contribution < -0.4 is 11.3 Å². The fraction of sp³-hybridized carbons (Fsp3) is 0.300. The van der Waals surface area contributed by atoms with E-state index >= 15 is 0 Å². The van der Waals surface area contributed by atoms with Crippen LogP contribution in [-0.2, 0) is 9.53 Å². The lowest BCUT2D eigenvalue weighted by atomic mass is 10.3. The van der Waals surface area contributed by atoms with Crippen LogP contribution in [0.5, 0.6) is 0 Å². The summed E-state index contributed by atoms with van der Waals surface area (Å²) in [6.45, 7) is 0.241. The highest BCUT2D eigenvalue weighted by Gasteiger charge is 2.18. The maximum absolute atomic E-state index is 12.7. The van der Waals surface area contributed by atoms with E-state index in [0.717, 1.165) is 4.90 Å². The number of ether oxygens (including phenoxy) is 1. The van der Waals surface area contributed by atoms with Gasteiger partial charge in [-0.1, -0.05) is 0 Å². The van der Waals surface area contributed by atoms with Gasteiger partial charge in [-0.05, 0) is 24.3 Å². The minimum Gasteiger partial charge on any atom is -0.383 e. The van der Waals surface area contributed by atoms with Gasteiger partial charge in [0.05, 0.1) is 6.61 Å². The van der Waals surface area contributed by atoms with Crippen molar-refractivity contribution in [3.8, 4) is 0 Å². The molecule has 1 aromatic rings. The van der Waals surface area contributed by atoms with Gasteiger partial charge in [0, 0.05) is 12.0 Å². The average molecular weight is 244 g/mol. The molecule has 0 radical (unpaired) electrons. The van der Waals surface area contributed by atoms with E-state index in [1.807, 2.05) is 0 Å². The van der Waals surface area contributed by atoms with Crippen LogP contribution in [-0.4, -0.2) is 24.9 Å². The van der Waals surface area contributed by atoms with Crippen LogP contribution in [0, 0.1) is 5.82 Å². The van der Waals surface area contributed by atoms with Crippen LogP contribution in [0.15, 0.2) is 29.2 Å². The third-order valence-electron chi connectivity index (χ3n) is 1.84. The molecule has 0 aliphatic heterocycles. The fourth-order valence-electron chi connectivity index (χ4n) is 1.08. The lowest BCUT2D eigenvalue weighted by Crippen LogP contribution is -2.39. The molecule has 6 heteroatoms. The molecule has 0 bridgehead atoms. The van der Waals surface area contributed by atoms with Crippen LogP contribution in [0.1, 0.15) is 0 Å². The summed E-state index contributed by atoms with van der Waals surface area (Å²) >= 11 is 1.27. The van der Waals surface area contributed by atoms with Crippen LogP contribution >= 0.6 is 11.8 Å². The highest BCUT2D eigenvalue weighted by molar-refractivity contribution is 8.00. The zero-order valence-corrected chi connectivity index (χ0v) is 9.59. The number of halogens is 1. The van der Waals surface area contributed by atoms with Crippen LogP contribution in [0.4, 0.5) is 4.39 Å². The third-order valence-corrected chi connectivity index (χ3v) is 3.02. The summed E-state index contributed by atoms with van der Waals surface area (Å²) in [6.07, 6.45) is 0. The lowest BCUT2D eigenvalue weighted by Gasteiger charge is -2.13.